The summed E-state index contributed by atoms with van der Waals surface area (Å²) < 4.78 is 36.2. The zero-order valence-corrected chi connectivity index (χ0v) is 22.2. The highest BCUT2D eigenvalue weighted by Gasteiger charge is 2.32. The quantitative estimate of drug-likeness (QED) is 0.518. The van der Waals surface area contributed by atoms with Crippen molar-refractivity contribution in [3.05, 3.63) is 36.3 Å². The third-order valence-electron chi connectivity index (χ3n) is 6.88. The number of aromatic nitrogens is 2. The number of sulfonamides is 1. The van der Waals surface area contributed by atoms with Crippen molar-refractivity contribution in [3.8, 4) is 5.75 Å². The lowest BCUT2D eigenvalue weighted by molar-refractivity contribution is -0.134. The van der Waals surface area contributed by atoms with Gasteiger partial charge in [0, 0.05) is 50.0 Å². The summed E-state index contributed by atoms with van der Waals surface area (Å²) in [4.78, 5) is 21.3. The third kappa shape index (κ3) is 6.37. The van der Waals surface area contributed by atoms with E-state index in [2.05, 4.69) is 28.6 Å². The van der Waals surface area contributed by atoms with Gasteiger partial charge in [-0.25, -0.2) is 4.98 Å². The highest BCUT2D eigenvalue weighted by Crippen LogP contribution is 2.32. The molecule has 2 heterocycles. The first kappa shape index (κ1) is 26.4. The molecule has 1 amide bonds. The number of hydrogen-bond acceptors (Lipinski definition) is 7. The molecule has 2 N–H and O–H groups in total. The monoisotopic (exact) mass is 519 g/mol. The number of aryl methyl sites for hydroxylation is 1. The number of ether oxygens (including phenoxy) is 1. The minimum absolute atomic E-state index is 0.0258. The Bertz CT molecular complexity index is 1180. The largest absolute Gasteiger partial charge is 0.488 e. The Hall–Kier alpha value is -2.63. The van der Waals surface area contributed by atoms with E-state index in [4.69, 9.17) is 4.74 Å². The maximum atomic E-state index is 13.3. The van der Waals surface area contributed by atoms with E-state index >= 15 is 0 Å². The SMILES string of the molecule is C[C@H](CO)N1C[C@H](C)[C@H](CN(C)CC2CC2)Oc2ccc(NS(=O)(=O)c3cn(C)cn3)cc2CC1=O. The molecule has 0 bridgehead atoms. The zero-order valence-electron chi connectivity index (χ0n) is 21.4. The summed E-state index contributed by atoms with van der Waals surface area (Å²) in [6, 6.07) is 4.68. The van der Waals surface area contributed by atoms with E-state index in [0.717, 1.165) is 12.5 Å². The van der Waals surface area contributed by atoms with Gasteiger partial charge in [-0.15, -0.1) is 0 Å². The highest BCUT2D eigenvalue weighted by atomic mass is 32.2. The van der Waals surface area contributed by atoms with E-state index in [-0.39, 0.29) is 42.0 Å². The van der Waals surface area contributed by atoms with Crippen LogP contribution in [0.15, 0.2) is 35.7 Å². The van der Waals surface area contributed by atoms with Crippen molar-refractivity contribution in [2.75, 3.05) is 38.0 Å². The van der Waals surface area contributed by atoms with E-state index in [1.165, 1.54) is 25.4 Å². The minimum atomic E-state index is -3.88. The van der Waals surface area contributed by atoms with Gasteiger partial charge in [-0.05, 0) is 50.9 Å². The molecule has 36 heavy (non-hydrogen) atoms. The van der Waals surface area contributed by atoms with Crippen LogP contribution in [0, 0.1) is 11.8 Å². The molecule has 0 saturated heterocycles. The molecule has 3 atom stereocenters. The van der Waals surface area contributed by atoms with E-state index in [1.807, 2.05) is 6.92 Å². The van der Waals surface area contributed by atoms with Crippen molar-refractivity contribution in [2.24, 2.45) is 18.9 Å². The minimum Gasteiger partial charge on any atom is -0.488 e. The van der Waals surface area contributed by atoms with E-state index in [1.54, 1.807) is 34.7 Å². The Labute approximate surface area is 213 Å². The second kappa shape index (κ2) is 10.8. The Morgan fingerprint density at radius 2 is 2.06 bits per heavy atom. The van der Waals surface area contributed by atoms with Crippen LogP contribution in [0.4, 0.5) is 5.69 Å². The predicted molar refractivity (Wildman–Crippen MR) is 136 cm³/mol. The number of likely N-dealkylation sites (N-methyl/N-ethyl adjacent to an activating group) is 1. The van der Waals surface area contributed by atoms with Gasteiger partial charge in [0.05, 0.1) is 25.4 Å². The van der Waals surface area contributed by atoms with Crippen LogP contribution in [-0.4, -0.2) is 84.2 Å². The van der Waals surface area contributed by atoms with Crippen LogP contribution < -0.4 is 9.46 Å². The number of aliphatic hydroxyl groups excluding tert-OH is 1. The van der Waals surface area contributed by atoms with Crippen molar-refractivity contribution >= 4 is 21.6 Å². The van der Waals surface area contributed by atoms with Crippen LogP contribution in [0.5, 0.6) is 5.75 Å². The van der Waals surface area contributed by atoms with Crippen LogP contribution in [-0.2, 0) is 28.3 Å². The van der Waals surface area contributed by atoms with Crippen LogP contribution in [0.25, 0.3) is 0 Å². The number of benzene rings is 1. The Kier molecular flexibility index (Phi) is 7.91. The molecule has 11 heteroatoms. The molecule has 2 aliphatic rings. The summed E-state index contributed by atoms with van der Waals surface area (Å²) in [5, 5.41) is 9.71. The number of carbonyl (C=O) groups excluding carboxylic acids is 1. The number of fused-ring (bicyclic) bond motifs is 1. The maximum absolute atomic E-state index is 13.3. The molecule has 0 spiro atoms. The lowest BCUT2D eigenvalue weighted by Gasteiger charge is -2.34. The second-order valence-electron chi connectivity index (χ2n) is 10.4. The molecule has 1 aromatic carbocycles. The van der Waals surface area contributed by atoms with Gasteiger partial charge >= 0.3 is 0 Å². The molecular formula is C25H37N5O5S. The standard InChI is InChI=1S/C25H37N5O5S/c1-17-11-30(18(2)15-31)25(32)10-20-9-21(27-36(33,34)24-14-29(4)16-26-24)7-8-22(20)35-23(17)13-28(3)12-19-5-6-19/h7-9,14,16-19,23,27,31H,5-6,10-13,15H2,1-4H3/t17-,18+,23-/m0/s1. The fourth-order valence-corrected chi connectivity index (χ4v) is 5.60. The van der Waals surface area contributed by atoms with Gasteiger partial charge in [0.15, 0.2) is 5.03 Å². The van der Waals surface area contributed by atoms with Gasteiger partial charge in [-0.2, -0.15) is 8.42 Å². The van der Waals surface area contributed by atoms with Gasteiger partial charge in [0.2, 0.25) is 5.91 Å². The molecule has 4 rings (SSSR count). The normalized spacial score (nSPS) is 21.8. The van der Waals surface area contributed by atoms with E-state index < -0.39 is 10.0 Å². The summed E-state index contributed by atoms with van der Waals surface area (Å²) in [6.45, 7) is 5.96. The molecule has 1 aromatic heterocycles. The van der Waals surface area contributed by atoms with Crippen molar-refractivity contribution < 1.29 is 23.1 Å². The third-order valence-corrected chi connectivity index (χ3v) is 8.15. The Morgan fingerprint density at radius 1 is 1.31 bits per heavy atom. The van der Waals surface area contributed by atoms with Crippen molar-refractivity contribution in [1.29, 1.82) is 0 Å². The molecule has 1 aliphatic heterocycles. The molecule has 1 saturated carbocycles. The Balaban J connectivity index is 1.63. The number of imidazole rings is 1. The maximum Gasteiger partial charge on any atom is 0.280 e. The number of hydrogen-bond donors (Lipinski definition) is 2. The summed E-state index contributed by atoms with van der Waals surface area (Å²) in [6.07, 6.45) is 5.23. The van der Waals surface area contributed by atoms with Crippen molar-refractivity contribution in [1.82, 2.24) is 19.4 Å². The predicted octanol–water partition coefficient (Wildman–Crippen LogP) is 1.71. The molecule has 1 aliphatic carbocycles. The molecule has 10 nitrogen and oxygen atoms in total. The molecule has 2 aromatic rings. The molecule has 0 radical (unpaired) electrons. The molecular weight excluding hydrogens is 482 g/mol. The first-order valence-electron chi connectivity index (χ1n) is 12.4. The number of anilines is 1. The topological polar surface area (TPSA) is 117 Å². The van der Waals surface area contributed by atoms with Crippen molar-refractivity contribution in [2.45, 2.75) is 50.3 Å². The van der Waals surface area contributed by atoms with Crippen LogP contribution in [0.1, 0.15) is 32.3 Å². The summed E-state index contributed by atoms with van der Waals surface area (Å²) >= 11 is 0. The fourth-order valence-electron chi connectivity index (χ4n) is 4.57. The second-order valence-corrected chi connectivity index (χ2v) is 12.0. The molecule has 0 unspecified atom stereocenters. The van der Waals surface area contributed by atoms with Crippen LogP contribution >= 0.6 is 0 Å². The van der Waals surface area contributed by atoms with E-state index in [9.17, 15) is 18.3 Å². The molecule has 198 valence electrons. The first-order valence-corrected chi connectivity index (χ1v) is 13.9. The van der Waals surface area contributed by atoms with Gasteiger partial charge in [-0.1, -0.05) is 6.92 Å². The summed E-state index contributed by atoms with van der Waals surface area (Å²) in [5.74, 6) is 1.21. The zero-order chi connectivity index (χ0) is 26.0. The smallest absolute Gasteiger partial charge is 0.280 e. The highest BCUT2D eigenvalue weighted by molar-refractivity contribution is 7.92. The summed E-state index contributed by atoms with van der Waals surface area (Å²) in [7, 11) is -0.0928. The van der Waals surface area contributed by atoms with E-state index in [0.29, 0.717) is 30.1 Å². The van der Waals surface area contributed by atoms with Gasteiger partial charge in [0.25, 0.3) is 10.0 Å². The summed E-state index contributed by atoms with van der Waals surface area (Å²) in [5.41, 5.74) is 0.924. The van der Waals surface area contributed by atoms with Crippen LogP contribution in [0.2, 0.25) is 0 Å². The average molecular weight is 520 g/mol. The number of nitrogens with one attached hydrogen (secondary N) is 1. The number of nitrogens with zero attached hydrogens (tertiary/aromatic N) is 4. The van der Waals surface area contributed by atoms with Gasteiger partial charge < -0.3 is 24.2 Å². The van der Waals surface area contributed by atoms with Gasteiger partial charge in [0.1, 0.15) is 11.9 Å². The molecule has 1 fully saturated rings. The lowest BCUT2D eigenvalue weighted by atomic mass is 10.0. The number of aliphatic hydroxyl groups is 1. The fraction of sp³-hybridized carbons (Fsp3) is 0.600. The first-order chi connectivity index (χ1) is 17.1. The van der Waals surface area contributed by atoms with Gasteiger partial charge in [-0.3, -0.25) is 9.52 Å². The lowest BCUT2D eigenvalue weighted by Crippen LogP contribution is -2.47. The number of amides is 1. The van der Waals surface area contributed by atoms with Crippen LogP contribution in [0.3, 0.4) is 0 Å². The average Bonchev–Trinajstić information content (AvgIpc) is 3.51. The number of carbonyl (C=O) groups is 1. The number of rotatable bonds is 9. The van der Waals surface area contributed by atoms with Crippen molar-refractivity contribution in [3.63, 3.8) is 0 Å². The Morgan fingerprint density at radius 3 is 2.69 bits per heavy atom.